The molecule has 0 amide bonds. The quantitative estimate of drug-likeness (QED) is 0.795. The first-order valence-corrected chi connectivity index (χ1v) is 7.63. The number of fused-ring (bicyclic) bond motifs is 1. The van der Waals surface area contributed by atoms with Crippen LogP contribution in [-0.4, -0.2) is 19.5 Å². The summed E-state index contributed by atoms with van der Waals surface area (Å²) in [4.78, 5) is 12.7. The topological polar surface area (TPSA) is 55.6 Å². The van der Waals surface area contributed by atoms with Gasteiger partial charge in [0.15, 0.2) is 5.65 Å². The van der Waals surface area contributed by atoms with Crippen LogP contribution in [0.3, 0.4) is 0 Å². The number of rotatable bonds is 3. The molecule has 1 N–H and O–H groups in total. The molecule has 3 aromatic rings. The maximum atomic E-state index is 13.9. The van der Waals surface area contributed by atoms with E-state index >= 15 is 0 Å². The number of imidazole rings is 1. The lowest BCUT2D eigenvalue weighted by Gasteiger charge is -2.16. The molecule has 2 aromatic heterocycles. The van der Waals surface area contributed by atoms with Crippen molar-refractivity contribution in [1.29, 1.82) is 0 Å². The van der Waals surface area contributed by atoms with Crippen molar-refractivity contribution in [2.24, 2.45) is 0 Å². The molecule has 23 heavy (non-hydrogen) atoms. The van der Waals surface area contributed by atoms with Crippen molar-refractivity contribution >= 4 is 22.8 Å². The number of halogens is 2. The first kappa shape index (κ1) is 14.0. The van der Waals surface area contributed by atoms with Gasteiger partial charge in [-0.15, -0.1) is 0 Å². The van der Waals surface area contributed by atoms with Gasteiger partial charge in [0.2, 0.25) is 5.95 Å². The van der Waals surface area contributed by atoms with Crippen LogP contribution in [0.2, 0.25) is 0 Å². The van der Waals surface area contributed by atoms with E-state index in [4.69, 9.17) is 0 Å². The third-order valence-corrected chi connectivity index (χ3v) is 4.24. The van der Waals surface area contributed by atoms with Gasteiger partial charge >= 0.3 is 0 Å². The van der Waals surface area contributed by atoms with Gasteiger partial charge in [0.1, 0.15) is 29.2 Å². The Hall–Kier alpha value is -2.57. The number of benzene rings is 1. The lowest BCUT2D eigenvalue weighted by Crippen LogP contribution is -2.10. The second-order valence-corrected chi connectivity index (χ2v) is 5.70. The fraction of sp³-hybridized carbons (Fsp3) is 0.312. The average Bonchev–Trinajstić information content (AvgIpc) is 3.17. The number of anilines is 2. The van der Waals surface area contributed by atoms with Crippen LogP contribution in [-0.2, 0) is 0 Å². The highest BCUT2D eigenvalue weighted by Gasteiger charge is 2.24. The zero-order valence-electron chi connectivity index (χ0n) is 12.3. The predicted octanol–water partition coefficient (Wildman–Crippen LogP) is 3.96. The normalized spacial score (nSPS) is 15.4. The molecule has 0 saturated heterocycles. The van der Waals surface area contributed by atoms with Crippen molar-refractivity contribution in [2.45, 2.75) is 31.7 Å². The minimum Gasteiger partial charge on any atom is -0.321 e. The molecule has 1 saturated carbocycles. The third-order valence-electron chi connectivity index (χ3n) is 4.24. The van der Waals surface area contributed by atoms with Crippen molar-refractivity contribution in [2.75, 3.05) is 5.32 Å². The van der Waals surface area contributed by atoms with E-state index in [2.05, 4.69) is 20.3 Å². The van der Waals surface area contributed by atoms with E-state index in [1.807, 2.05) is 4.57 Å². The Labute approximate surface area is 131 Å². The van der Waals surface area contributed by atoms with E-state index in [0.717, 1.165) is 25.7 Å². The van der Waals surface area contributed by atoms with E-state index in [-0.39, 0.29) is 11.7 Å². The summed E-state index contributed by atoms with van der Waals surface area (Å²) < 4.78 is 29.8. The summed E-state index contributed by atoms with van der Waals surface area (Å²) in [5.74, 6) is -0.904. The maximum Gasteiger partial charge on any atom is 0.210 e. The first-order valence-electron chi connectivity index (χ1n) is 7.63. The molecule has 0 radical (unpaired) electrons. The van der Waals surface area contributed by atoms with Crippen molar-refractivity contribution in [3.8, 4) is 0 Å². The van der Waals surface area contributed by atoms with Crippen LogP contribution < -0.4 is 5.32 Å². The van der Waals surface area contributed by atoms with Crippen LogP contribution in [0, 0.1) is 11.6 Å². The van der Waals surface area contributed by atoms with Gasteiger partial charge in [-0.25, -0.2) is 23.7 Å². The summed E-state index contributed by atoms with van der Waals surface area (Å²) in [7, 11) is 0. The van der Waals surface area contributed by atoms with Gasteiger partial charge in [-0.2, -0.15) is 0 Å². The third kappa shape index (κ3) is 2.42. The molecule has 1 aliphatic carbocycles. The van der Waals surface area contributed by atoms with Gasteiger partial charge in [0, 0.05) is 6.04 Å². The van der Waals surface area contributed by atoms with Crippen LogP contribution in [0.5, 0.6) is 0 Å². The van der Waals surface area contributed by atoms with Crippen LogP contribution >= 0.6 is 0 Å². The molecule has 0 aliphatic heterocycles. The maximum absolute atomic E-state index is 13.9. The summed E-state index contributed by atoms with van der Waals surface area (Å²) in [6.45, 7) is 0. The molecule has 0 spiro atoms. The highest BCUT2D eigenvalue weighted by Crippen LogP contribution is 2.35. The summed E-state index contributed by atoms with van der Waals surface area (Å²) in [6.07, 6.45) is 7.33. The zero-order chi connectivity index (χ0) is 15.8. The van der Waals surface area contributed by atoms with Crippen LogP contribution in [0.1, 0.15) is 31.7 Å². The van der Waals surface area contributed by atoms with Crippen molar-refractivity contribution in [1.82, 2.24) is 19.5 Å². The summed E-state index contributed by atoms with van der Waals surface area (Å²) >= 11 is 0. The summed E-state index contributed by atoms with van der Waals surface area (Å²) in [5.41, 5.74) is 1.10. The lowest BCUT2D eigenvalue weighted by atomic mass is 10.2. The van der Waals surface area contributed by atoms with Gasteiger partial charge in [-0.05, 0) is 25.0 Å². The van der Waals surface area contributed by atoms with Gasteiger partial charge in [-0.3, -0.25) is 4.57 Å². The van der Waals surface area contributed by atoms with E-state index in [0.29, 0.717) is 17.1 Å². The molecule has 0 unspecified atom stereocenters. The number of nitrogens with one attached hydrogen (secondary N) is 1. The predicted molar refractivity (Wildman–Crippen MR) is 82.5 cm³/mol. The Morgan fingerprint density at radius 2 is 1.87 bits per heavy atom. The minimum atomic E-state index is -0.652. The van der Waals surface area contributed by atoms with Gasteiger partial charge in [0.05, 0.1) is 6.20 Å². The molecule has 1 fully saturated rings. The Morgan fingerprint density at radius 3 is 2.61 bits per heavy atom. The molecule has 1 aliphatic rings. The van der Waals surface area contributed by atoms with Gasteiger partial charge in [0.25, 0.3) is 0 Å². The first-order chi connectivity index (χ1) is 11.2. The van der Waals surface area contributed by atoms with E-state index in [1.54, 1.807) is 6.20 Å². The van der Waals surface area contributed by atoms with E-state index < -0.39 is 11.6 Å². The standard InChI is InChI=1S/C16H15F2N5/c17-11-6-3-7-12(18)14(11)22-16-21-13-8-19-9-20-15(13)23(16)10-4-1-2-5-10/h3,6-10H,1-2,4-5H2,(H,21,22). The SMILES string of the molecule is Fc1cccc(F)c1Nc1nc2cncnc2n1C1CCCC1. The Bertz CT molecular complexity index is 835. The molecule has 2 heterocycles. The fourth-order valence-corrected chi connectivity index (χ4v) is 3.17. The number of aromatic nitrogens is 4. The monoisotopic (exact) mass is 315 g/mol. The number of para-hydroxylation sites is 1. The van der Waals surface area contributed by atoms with Crippen molar-refractivity contribution in [3.05, 3.63) is 42.4 Å². The zero-order valence-corrected chi connectivity index (χ0v) is 12.3. The highest BCUT2D eigenvalue weighted by atomic mass is 19.1. The highest BCUT2D eigenvalue weighted by molar-refractivity contribution is 5.75. The smallest absolute Gasteiger partial charge is 0.210 e. The molecule has 5 nitrogen and oxygen atoms in total. The summed E-state index contributed by atoms with van der Waals surface area (Å²) in [5, 5.41) is 2.81. The Balaban J connectivity index is 1.84. The van der Waals surface area contributed by atoms with Gasteiger partial charge < -0.3 is 5.32 Å². The molecule has 4 rings (SSSR count). The van der Waals surface area contributed by atoms with Crippen LogP contribution in [0.15, 0.2) is 30.7 Å². The number of hydrogen-bond donors (Lipinski definition) is 1. The second kappa shape index (κ2) is 5.57. The molecule has 118 valence electrons. The van der Waals surface area contributed by atoms with Crippen LogP contribution in [0.4, 0.5) is 20.4 Å². The molecular weight excluding hydrogens is 300 g/mol. The molecule has 0 atom stereocenters. The van der Waals surface area contributed by atoms with Crippen LogP contribution in [0.25, 0.3) is 11.2 Å². The molecule has 0 bridgehead atoms. The van der Waals surface area contributed by atoms with E-state index in [1.165, 1.54) is 24.5 Å². The number of nitrogens with zero attached hydrogens (tertiary/aromatic N) is 4. The minimum absolute atomic E-state index is 0.199. The largest absolute Gasteiger partial charge is 0.321 e. The Kier molecular flexibility index (Phi) is 3.40. The van der Waals surface area contributed by atoms with E-state index in [9.17, 15) is 8.78 Å². The lowest BCUT2D eigenvalue weighted by molar-refractivity contribution is 0.533. The fourth-order valence-electron chi connectivity index (χ4n) is 3.17. The molecule has 1 aromatic carbocycles. The average molecular weight is 315 g/mol. The van der Waals surface area contributed by atoms with Crippen molar-refractivity contribution in [3.63, 3.8) is 0 Å². The molecule has 7 heteroatoms. The summed E-state index contributed by atoms with van der Waals surface area (Å²) in [6, 6.07) is 4.00. The molecular formula is C16H15F2N5. The second-order valence-electron chi connectivity index (χ2n) is 5.70. The van der Waals surface area contributed by atoms with Crippen molar-refractivity contribution < 1.29 is 8.78 Å². The Morgan fingerprint density at radius 1 is 1.13 bits per heavy atom. The van der Waals surface area contributed by atoms with Gasteiger partial charge in [-0.1, -0.05) is 18.9 Å². The number of hydrogen-bond acceptors (Lipinski definition) is 4.